The third-order valence-electron chi connectivity index (χ3n) is 2.20. The number of hydrogen-bond donors (Lipinski definition) is 1. The minimum atomic E-state index is 0.568. The fourth-order valence-corrected chi connectivity index (χ4v) is 1.48. The quantitative estimate of drug-likeness (QED) is 0.586. The number of terminal acetylenes is 1. The van der Waals surface area contributed by atoms with Crippen molar-refractivity contribution in [2.24, 2.45) is 5.73 Å². The van der Waals surface area contributed by atoms with Gasteiger partial charge >= 0.3 is 0 Å². The van der Waals surface area contributed by atoms with Crippen LogP contribution in [0.25, 0.3) is 0 Å². The van der Waals surface area contributed by atoms with Crippen molar-refractivity contribution >= 4 is 0 Å². The van der Waals surface area contributed by atoms with Crippen LogP contribution in [0.15, 0.2) is 18.2 Å². The number of hydrogen-bond acceptors (Lipinski definition) is 2. The molecule has 1 rings (SSSR count). The van der Waals surface area contributed by atoms with E-state index >= 15 is 0 Å². The second-order valence-corrected chi connectivity index (χ2v) is 3.40. The average molecular weight is 203 g/mol. The zero-order chi connectivity index (χ0) is 11.1. The van der Waals surface area contributed by atoms with Crippen LogP contribution in [0.5, 0.6) is 5.75 Å². The maximum atomic E-state index is 5.66. The van der Waals surface area contributed by atoms with Gasteiger partial charge in [0.2, 0.25) is 0 Å². The molecule has 0 saturated carbocycles. The fraction of sp³-hybridized carbons (Fsp3) is 0.385. The summed E-state index contributed by atoms with van der Waals surface area (Å²) in [5.74, 6) is 3.50. The van der Waals surface area contributed by atoms with E-state index in [1.54, 1.807) is 0 Å². The van der Waals surface area contributed by atoms with E-state index in [0.29, 0.717) is 19.6 Å². The normalized spacial score (nSPS) is 9.67. The van der Waals surface area contributed by atoms with E-state index in [9.17, 15) is 0 Å². The zero-order valence-electron chi connectivity index (χ0n) is 9.12. The Morgan fingerprint density at radius 2 is 2.27 bits per heavy atom. The Morgan fingerprint density at radius 1 is 1.47 bits per heavy atom. The first kappa shape index (κ1) is 11.6. The van der Waals surface area contributed by atoms with Crippen molar-refractivity contribution in [1.82, 2.24) is 0 Å². The molecule has 0 radical (unpaired) electrons. The van der Waals surface area contributed by atoms with E-state index in [-0.39, 0.29) is 0 Å². The van der Waals surface area contributed by atoms with Gasteiger partial charge in [-0.15, -0.1) is 12.3 Å². The van der Waals surface area contributed by atoms with Crippen molar-refractivity contribution in [3.8, 4) is 18.1 Å². The molecule has 0 aliphatic carbocycles. The van der Waals surface area contributed by atoms with E-state index in [1.807, 2.05) is 25.1 Å². The standard InChI is InChI=1S/C13H17NO/c1-3-4-10-15-13-11(2)6-5-7-12(13)8-9-14/h1,5-7H,4,8-10,14H2,2H3. The summed E-state index contributed by atoms with van der Waals surface area (Å²) in [4.78, 5) is 0. The summed E-state index contributed by atoms with van der Waals surface area (Å²) in [6.45, 7) is 3.24. The average Bonchev–Trinajstić information content (AvgIpc) is 2.23. The molecule has 0 bridgehead atoms. The van der Waals surface area contributed by atoms with E-state index in [0.717, 1.165) is 23.3 Å². The molecule has 1 aromatic carbocycles. The van der Waals surface area contributed by atoms with E-state index in [4.69, 9.17) is 16.9 Å². The van der Waals surface area contributed by atoms with Crippen LogP contribution in [0, 0.1) is 19.3 Å². The summed E-state index contributed by atoms with van der Waals surface area (Å²) in [5.41, 5.74) is 7.85. The molecule has 0 aliphatic heterocycles. The van der Waals surface area contributed by atoms with E-state index in [1.165, 1.54) is 0 Å². The van der Waals surface area contributed by atoms with Gasteiger partial charge in [0.25, 0.3) is 0 Å². The third kappa shape index (κ3) is 3.30. The predicted octanol–water partition coefficient (Wildman–Crippen LogP) is 1.90. The van der Waals surface area contributed by atoms with Crippen LogP contribution in [-0.4, -0.2) is 13.2 Å². The lowest BCUT2D eigenvalue weighted by Gasteiger charge is -2.12. The summed E-state index contributed by atoms with van der Waals surface area (Å²) in [6, 6.07) is 6.10. The van der Waals surface area contributed by atoms with Crippen molar-refractivity contribution in [2.75, 3.05) is 13.2 Å². The van der Waals surface area contributed by atoms with Crippen LogP contribution >= 0.6 is 0 Å². The molecule has 0 amide bonds. The van der Waals surface area contributed by atoms with Gasteiger partial charge in [-0.3, -0.25) is 0 Å². The summed E-state index contributed by atoms with van der Waals surface area (Å²) in [6.07, 6.45) is 6.65. The maximum Gasteiger partial charge on any atom is 0.125 e. The Labute approximate surface area is 91.4 Å². The first-order chi connectivity index (χ1) is 7.29. The molecule has 0 saturated heterocycles. The van der Waals surface area contributed by atoms with Gasteiger partial charge in [0.05, 0.1) is 6.61 Å². The largest absolute Gasteiger partial charge is 0.492 e. The lowest BCUT2D eigenvalue weighted by Crippen LogP contribution is -2.07. The molecule has 0 aliphatic rings. The van der Waals surface area contributed by atoms with Crippen LogP contribution in [0.4, 0.5) is 0 Å². The number of rotatable bonds is 5. The smallest absolute Gasteiger partial charge is 0.125 e. The van der Waals surface area contributed by atoms with Crippen LogP contribution in [0.2, 0.25) is 0 Å². The maximum absolute atomic E-state index is 5.66. The molecule has 0 spiro atoms. The Morgan fingerprint density at radius 3 is 2.93 bits per heavy atom. The highest BCUT2D eigenvalue weighted by atomic mass is 16.5. The first-order valence-electron chi connectivity index (χ1n) is 5.14. The summed E-state index contributed by atoms with van der Waals surface area (Å²) < 4.78 is 5.66. The lowest BCUT2D eigenvalue weighted by molar-refractivity contribution is 0.321. The van der Waals surface area contributed by atoms with Crippen molar-refractivity contribution in [2.45, 2.75) is 19.8 Å². The van der Waals surface area contributed by atoms with Gasteiger partial charge in [-0.1, -0.05) is 18.2 Å². The Hall–Kier alpha value is -1.46. The lowest BCUT2D eigenvalue weighted by atomic mass is 10.1. The number of benzene rings is 1. The molecule has 2 N–H and O–H groups in total. The number of aryl methyl sites for hydroxylation is 1. The summed E-state index contributed by atoms with van der Waals surface area (Å²) in [5, 5.41) is 0. The van der Waals surface area contributed by atoms with Crippen LogP contribution in [-0.2, 0) is 6.42 Å². The van der Waals surface area contributed by atoms with Gasteiger partial charge in [-0.25, -0.2) is 0 Å². The molecule has 80 valence electrons. The Kier molecular flexibility index (Phi) is 4.73. The Bertz CT molecular complexity index is 352. The van der Waals surface area contributed by atoms with E-state index < -0.39 is 0 Å². The molecular formula is C13H17NO. The molecule has 0 unspecified atom stereocenters. The molecule has 2 heteroatoms. The second-order valence-electron chi connectivity index (χ2n) is 3.40. The van der Waals surface area contributed by atoms with Gasteiger partial charge in [0, 0.05) is 6.42 Å². The van der Waals surface area contributed by atoms with E-state index in [2.05, 4.69) is 5.92 Å². The highest BCUT2D eigenvalue weighted by Crippen LogP contribution is 2.23. The molecule has 0 fully saturated rings. The fourth-order valence-electron chi connectivity index (χ4n) is 1.48. The molecule has 0 aromatic heterocycles. The van der Waals surface area contributed by atoms with Gasteiger partial charge in [-0.2, -0.15) is 0 Å². The zero-order valence-corrected chi connectivity index (χ0v) is 9.12. The van der Waals surface area contributed by atoms with Gasteiger partial charge in [-0.05, 0) is 31.0 Å². The minimum Gasteiger partial charge on any atom is -0.492 e. The van der Waals surface area contributed by atoms with Crippen LogP contribution in [0.3, 0.4) is 0 Å². The molecule has 0 atom stereocenters. The molecule has 2 nitrogen and oxygen atoms in total. The molecular weight excluding hydrogens is 186 g/mol. The van der Waals surface area contributed by atoms with Crippen LogP contribution in [0.1, 0.15) is 17.5 Å². The predicted molar refractivity (Wildman–Crippen MR) is 62.9 cm³/mol. The highest BCUT2D eigenvalue weighted by Gasteiger charge is 2.05. The Balaban J connectivity index is 2.78. The van der Waals surface area contributed by atoms with Gasteiger partial charge in [0.1, 0.15) is 5.75 Å². The monoisotopic (exact) mass is 203 g/mol. The minimum absolute atomic E-state index is 0.568. The number of ether oxygens (including phenoxy) is 1. The number of nitrogens with two attached hydrogens (primary N) is 1. The van der Waals surface area contributed by atoms with Gasteiger partial charge in [0.15, 0.2) is 0 Å². The van der Waals surface area contributed by atoms with Crippen molar-refractivity contribution in [3.63, 3.8) is 0 Å². The SMILES string of the molecule is C#CCCOc1c(C)cccc1CCN. The molecule has 1 aromatic rings. The molecule has 0 heterocycles. The van der Waals surface area contributed by atoms with Crippen LogP contribution < -0.4 is 10.5 Å². The first-order valence-corrected chi connectivity index (χ1v) is 5.14. The van der Waals surface area contributed by atoms with Crippen molar-refractivity contribution in [3.05, 3.63) is 29.3 Å². The topological polar surface area (TPSA) is 35.2 Å². The number of para-hydroxylation sites is 1. The van der Waals surface area contributed by atoms with Crippen molar-refractivity contribution in [1.29, 1.82) is 0 Å². The molecule has 15 heavy (non-hydrogen) atoms. The third-order valence-corrected chi connectivity index (χ3v) is 2.20. The van der Waals surface area contributed by atoms with Crippen molar-refractivity contribution < 1.29 is 4.74 Å². The highest BCUT2D eigenvalue weighted by molar-refractivity contribution is 5.40. The summed E-state index contributed by atoms with van der Waals surface area (Å²) in [7, 11) is 0. The summed E-state index contributed by atoms with van der Waals surface area (Å²) >= 11 is 0. The second kappa shape index (κ2) is 6.10. The van der Waals surface area contributed by atoms with Gasteiger partial charge < -0.3 is 10.5 Å².